The normalized spacial score (nSPS) is 11.5. The van der Waals surface area contributed by atoms with Crippen molar-refractivity contribution in [1.29, 1.82) is 0 Å². The molecule has 0 fully saturated rings. The third kappa shape index (κ3) is 2.97. The number of carbonyl (C=O) groups is 1. The molecule has 0 aliphatic rings. The summed E-state index contributed by atoms with van der Waals surface area (Å²) in [4.78, 5) is 14.1. The first-order valence-corrected chi connectivity index (χ1v) is 5.98. The van der Waals surface area contributed by atoms with Crippen LogP contribution >= 0.6 is 0 Å². The summed E-state index contributed by atoms with van der Waals surface area (Å²) in [6.07, 6.45) is 0.499. The van der Waals surface area contributed by atoms with Gasteiger partial charge < -0.3 is 15.2 Å². The van der Waals surface area contributed by atoms with Gasteiger partial charge in [0.1, 0.15) is 0 Å². The molecular weight excluding hydrogens is 246 g/mol. The minimum Gasteiger partial charge on any atom is -0.493 e. The number of hydrogen-bond donors (Lipinski definition) is 3. The maximum Gasteiger partial charge on any atom is 0.264 e. The Labute approximate surface area is 109 Å². The molecule has 2 rings (SSSR count). The van der Waals surface area contributed by atoms with E-state index in [1.165, 1.54) is 0 Å². The number of amides is 1. The number of benzene rings is 1. The fourth-order valence-electron chi connectivity index (χ4n) is 1.76. The van der Waals surface area contributed by atoms with Crippen LogP contribution in [0.2, 0.25) is 0 Å². The van der Waals surface area contributed by atoms with E-state index in [1.807, 2.05) is 25.1 Å². The van der Waals surface area contributed by atoms with Gasteiger partial charge in [0.05, 0.1) is 5.52 Å². The van der Waals surface area contributed by atoms with E-state index < -0.39 is 5.91 Å². The van der Waals surface area contributed by atoms with Gasteiger partial charge in [0.15, 0.2) is 5.69 Å². The zero-order valence-electron chi connectivity index (χ0n) is 10.6. The summed E-state index contributed by atoms with van der Waals surface area (Å²) >= 11 is 0. The molecule has 0 saturated carbocycles. The second kappa shape index (κ2) is 5.62. The molecule has 3 N–H and O–H groups in total. The van der Waals surface area contributed by atoms with Crippen LogP contribution in [0.4, 0.5) is 5.69 Å². The number of rotatable bonds is 4. The summed E-state index contributed by atoms with van der Waals surface area (Å²) in [5.74, 6) is -0.533. The smallest absolute Gasteiger partial charge is 0.264 e. The maximum atomic E-state index is 11.3. The molecule has 6 heteroatoms. The number of nitrogens with one attached hydrogen (secondary N) is 1. The Morgan fingerprint density at radius 2 is 2.21 bits per heavy atom. The van der Waals surface area contributed by atoms with Crippen molar-refractivity contribution in [3.05, 3.63) is 23.8 Å². The number of aliphatic hydroxyl groups excluding tert-OH is 1. The first kappa shape index (κ1) is 13.2. The first-order valence-electron chi connectivity index (χ1n) is 5.98. The minimum absolute atomic E-state index is 0.0568. The Kier molecular flexibility index (Phi) is 3.91. The molecule has 0 aliphatic heterocycles. The Bertz CT molecular complexity index is 631. The van der Waals surface area contributed by atoms with Crippen LogP contribution in [0.25, 0.3) is 10.9 Å². The van der Waals surface area contributed by atoms with E-state index in [9.17, 15) is 9.90 Å². The molecule has 0 atom stereocenters. The first-order chi connectivity index (χ1) is 9.11. The number of aliphatic hydroxyl groups is 1. The number of hydrogen-bond acceptors (Lipinski definition) is 4. The standard InChI is InChI=1S/C13H15N3O3/c1-8-4-5-10-9(7-8)12(13(19)14-10)16-15-11(18)3-2-6-17/h4-5,7,14,17,19H,2-3,6H2,1H3. The summed E-state index contributed by atoms with van der Waals surface area (Å²) in [5, 5.41) is 26.4. The lowest BCUT2D eigenvalue weighted by molar-refractivity contribution is -0.118. The predicted octanol–water partition coefficient (Wildman–Crippen LogP) is 2.56. The molecule has 0 aliphatic carbocycles. The van der Waals surface area contributed by atoms with Crippen molar-refractivity contribution in [2.45, 2.75) is 19.8 Å². The number of aryl methyl sites for hydroxylation is 1. The number of H-pyrrole nitrogens is 1. The van der Waals surface area contributed by atoms with Gasteiger partial charge in [0.25, 0.3) is 5.91 Å². The second-order valence-corrected chi connectivity index (χ2v) is 4.29. The molecule has 0 saturated heterocycles. The summed E-state index contributed by atoms with van der Waals surface area (Å²) in [7, 11) is 0. The van der Waals surface area contributed by atoms with Gasteiger partial charge in [-0.05, 0) is 25.5 Å². The topological polar surface area (TPSA) is 98.0 Å². The lowest BCUT2D eigenvalue weighted by atomic mass is 10.2. The van der Waals surface area contributed by atoms with E-state index in [0.717, 1.165) is 16.5 Å². The Hall–Kier alpha value is -2.21. The molecule has 0 unspecified atom stereocenters. The molecule has 0 spiro atoms. The van der Waals surface area contributed by atoms with E-state index in [1.54, 1.807) is 0 Å². The predicted molar refractivity (Wildman–Crippen MR) is 70.5 cm³/mol. The van der Waals surface area contributed by atoms with Gasteiger partial charge in [-0.2, -0.15) is 0 Å². The zero-order valence-corrected chi connectivity index (χ0v) is 10.6. The number of fused-ring (bicyclic) bond motifs is 1. The van der Waals surface area contributed by atoms with Crippen LogP contribution < -0.4 is 0 Å². The largest absolute Gasteiger partial charge is 0.493 e. The Balaban J connectivity index is 2.29. The maximum absolute atomic E-state index is 11.3. The Morgan fingerprint density at radius 3 is 2.95 bits per heavy atom. The van der Waals surface area contributed by atoms with Crippen molar-refractivity contribution in [2.75, 3.05) is 6.61 Å². The highest BCUT2D eigenvalue weighted by molar-refractivity contribution is 5.94. The second-order valence-electron chi connectivity index (χ2n) is 4.29. The fraction of sp³-hybridized carbons (Fsp3) is 0.308. The van der Waals surface area contributed by atoms with Crippen molar-refractivity contribution in [1.82, 2.24) is 4.98 Å². The Morgan fingerprint density at radius 1 is 1.42 bits per heavy atom. The van der Waals surface area contributed by atoms with Crippen molar-refractivity contribution in [3.8, 4) is 5.88 Å². The average Bonchev–Trinajstić information content (AvgIpc) is 2.69. The van der Waals surface area contributed by atoms with E-state index in [0.29, 0.717) is 6.42 Å². The third-order valence-electron chi connectivity index (χ3n) is 2.72. The molecule has 0 bridgehead atoms. The molecule has 100 valence electrons. The highest BCUT2D eigenvalue weighted by Crippen LogP contribution is 2.35. The summed E-state index contributed by atoms with van der Waals surface area (Å²) in [6.45, 7) is 1.87. The van der Waals surface area contributed by atoms with Crippen LogP contribution in [0, 0.1) is 6.92 Å². The van der Waals surface area contributed by atoms with Crippen LogP contribution in [0.3, 0.4) is 0 Å². The van der Waals surface area contributed by atoms with Crippen molar-refractivity contribution in [3.63, 3.8) is 0 Å². The van der Waals surface area contributed by atoms with E-state index in [2.05, 4.69) is 15.2 Å². The number of nitrogens with zero attached hydrogens (tertiary/aromatic N) is 2. The van der Waals surface area contributed by atoms with Crippen LogP contribution in [0.5, 0.6) is 5.88 Å². The van der Waals surface area contributed by atoms with Crippen molar-refractivity contribution >= 4 is 22.5 Å². The van der Waals surface area contributed by atoms with Gasteiger partial charge >= 0.3 is 0 Å². The number of aromatic amines is 1. The van der Waals surface area contributed by atoms with Gasteiger partial charge in [-0.25, -0.2) is 0 Å². The fourth-order valence-corrected chi connectivity index (χ4v) is 1.76. The molecule has 6 nitrogen and oxygen atoms in total. The van der Waals surface area contributed by atoms with Gasteiger partial charge in [0, 0.05) is 18.4 Å². The van der Waals surface area contributed by atoms with Gasteiger partial charge in [0.2, 0.25) is 5.88 Å². The van der Waals surface area contributed by atoms with Crippen LogP contribution in [0.1, 0.15) is 18.4 Å². The lowest BCUT2D eigenvalue weighted by Gasteiger charge is -1.94. The highest BCUT2D eigenvalue weighted by Gasteiger charge is 2.10. The highest BCUT2D eigenvalue weighted by atomic mass is 16.3. The number of aromatic hydroxyl groups is 1. The number of carbonyl (C=O) groups excluding carboxylic acids is 1. The zero-order chi connectivity index (χ0) is 13.8. The molecule has 1 aromatic heterocycles. The molecule has 0 radical (unpaired) electrons. The van der Waals surface area contributed by atoms with Gasteiger partial charge in [-0.3, -0.25) is 4.79 Å². The summed E-state index contributed by atoms with van der Waals surface area (Å²) < 4.78 is 0. The molecule has 1 aromatic carbocycles. The van der Waals surface area contributed by atoms with Gasteiger partial charge in [-0.1, -0.05) is 11.6 Å². The van der Waals surface area contributed by atoms with Crippen LogP contribution in [0.15, 0.2) is 28.4 Å². The van der Waals surface area contributed by atoms with Crippen LogP contribution in [-0.2, 0) is 4.79 Å². The summed E-state index contributed by atoms with van der Waals surface area (Å²) in [6, 6.07) is 5.60. The molecular formula is C13H15N3O3. The monoisotopic (exact) mass is 261 g/mol. The quantitative estimate of drug-likeness (QED) is 0.737. The molecule has 19 heavy (non-hydrogen) atoms. The number of azo groups is 1. The third-order valence-corrected chi connectivity index (χ3v) is 2.72. The van der Waals surface area contributed by atoms with Crippen molar-refractivity contribution < 1.29 is 15.0 Å². The minimum atomic E-state index is -0.421. The van der Waals surface area contributed by atoms with Crippen molar-refractivity contribution in [2.24, 2.45) is 10.2 Å². The molecule has 2 aromatic rings. The molecule has 1 heterocycles. The molecule has 1 amide bonds. The summed E-state index contributed by atoms with van der Waals surface area (Å²) in [5.41, 5.74) is 2.02. The van der Waals surface area contributed by atoms with E-state index >= 15 is 0 Å². The van der Waals surface area contributed by atoms with E-state index in [-0.39, 0.29) is 24.6 Å². The SMILES string of the molecule is Cc1ccc2[nH]c(O)c(N=NC(=O)CCCO)c2c1. The average molecular weight is 261 g/mol. The lowest BCUT2D eigenvalue weighted by Crippen LogP contribution is -1.93. The number of aromatic nitrogens is 1. The van der Waals surface area contributed by atoms with Crippen LogP contribution in [-0.4, -0.2) is 27.7 Å². The van der Waals surface area contributed by atoms with Gasteiger partial charge in [-0.15, -0.1) is 10.2 Å². The van der Waals surface area contributed by atoms with E-state index in [4.69, 9.17) is 5.11 Å².